The molecule has 0 aliphatic heterocycles. The minimum absolute atomic E-state index is 0.0271. The third kappa shape index (κ3) is 4.89. The standard InChI is InChI=1S/C19H21NO6/c1-24-13-5-6-17(16(11-13)19(22)23)20-18(21)7-4-12-8-14(25-2)10-15(9-12)26-3/h5-6,8-11H,4,7H2,1-3H3,(H,20,21)(H,22,23). The first-order valence-corrected chi connectivity index (χ1v) is 7.90. The van der Waals surface area contributed by atoms with Crippen molar-refractivity contribution in [2.45, 2.75) is 12.8 Å². The molecule has 0 spiro atoms. The van der Waals surface area contributed by atoms with Gasteiger partial charge in [0.05, 0.1) is 32.6 Å². The highest BCUT2D eigenvalue weighted by atomic mass is 16.5. The van der Waals surface area contributed by atoms with Gasteiger partial charge in [0.1, 0.15) is 17.2 Å². The summed E-state index contributed by atoms with van der Waals surface area (Å²) < 4.78 is 15.4. The van der Waals surface area contributed by atoms with Gasteiger partial charge in [0.25, 0.3) is 0 Å². The number of hydrogen-bond acceptors (Lipinski definition) is 5. The van der Waals surface area contributed by atoms with Crippen molar-refractivity contribution in [2.75, 3.05) is 26.6 Å². The number of carbonyl (C=O) groups excluding carboxylic acids is 1. The minimum Gasteiger partial charge on any atom is -0.497 e. The Morgan fingerprint density at radius 1 is 0.923 bits per heavy atom. The summed E-state index contributed by atoms with van der Waals surface area (Å²) >= 11 is 0. The van der Waals surface area contributed by atoms with Crippen molar-refractivity contribution in [3.05, 3.63) is 47.5 Å². The van der Waals surface area contributed by atoms with Gasteiger partial charge in [-0.25, -0.2) is 4.79 Å². The summed E-state index contributed by atoms with van der Waals surface area (Å²) in [4.78, 5) is 23.6. The third-order valence-corrected chi connectivity index (χ3v) is 3.78. The minimum atomic E-state index is -1.14. The number of rotatable bonds is 8. The van der Waals surface area contributed by atoms with Crippen LogP contribution in [0, 0.1) is 0 Å². The molecule has 7 nitrogen and oxygen atoms in total. The van der Waals surface area contributed by atoms with E-state index < -0.39 is 5.97 Å². The number of ether oxygens (including phenoxy) is 3. The lowest BCUT2D eigenvalue weighted by molar-refractivity contribution is -0.116. The van der Waals surface area contributed by atoms with Crippen LogP contribution in [-0.2, 0) is 11.2 Å². The highest BCUT2D eigenvalue weighted by molar-refractivity contribution is 6.00. The van der Waals surface area contributed by atoms with Crippen LogP contribution in [0.3, 0.4) is 0 Å². The van der Waals surface area contributed by atoms with Crippen LogP contribution >= 0.6 is 0 Å². The molecule has 2 rings (SSSR count). The van der Waals surface area contributed by atoms with E-state index in [0.29, 0.717) is 23.7 Å². The number of amides is 1. The maximum Gasteiger partial charge on any atom is 0.337 e. The van der Waals surface area contributed by atoms with Gasteiger partial charge in [0.15, 0.2) is 0 Å². The fourth-order valence-electron chi connectivity index (χ4n) is 2.42. The van der Waals surface area contributed by atoms with Crippen molar-refractivity contribution < 1.29 is 28.9 Å². The molecule has 138 valence electrons. The Bertz CT molecular complexity index is 780. The van der Waals surface area contributed by atoms with Crippen molar-refractivity contribution in [3.8, 4) is 17.2 Å². The van der Waals surface area contributed by atoms with Crippen molar-refractivity contribution >= 4 is 17.6 Å². The molecule has 0 bridgehead atoms. The number of nitrogens with one attached hydrogen (secondary N) is 1. The summed E-state index contributed by atoms with van der Waals surface area (Å²) in [6.45, 7) is 0. The first-order chi connectivity index (χ1) is 12.5. The average Bonchev–Trinajstić information content (AvgIpc) is 2.66. The van der Waals surface area contributed by atoms with Gasteiger partial charge in [0, 0.05) is 12.5 Å². The Kier molecular flexibility index (Phi) is 6.43. The molecule has 0 unspecified atom stereocenters. The topological polar surface area (TPSA) is 94.1 Å². The monoisotopic (exact) mass is 359 g/mol. The van der Waals surface area contributed by atoms with Gasteiger partial charge in [0.2, 0.25) is 5.91 Å². The number of benzene rings is 2. The van der Waals surface area contributed by atoms with E-state index in [1.165, 1.54) is 19.2 Å². The average molecular weight is 359 g/mol. The zero-order valence-corrected chi connectivity index (χ0v) is 14.9. The largest absolute Gasteiger partial charge is 0.497 e. The molecule has 0 saturated heterocycles. The lowest BCUT2D eigenvalue weighted by atomic mass is 10.1. The number of carboxylic acids is 1. The van der Waals surface area contributed by atoms with Crippen LogP contribution in [0.15, 0.2) is 36.4 Å². The number of anilines is 1. The molecule has 0 aromatic heterocycles. The quantitative estimate of drug-likeness (QED) is 0.752. The Balaban J connectivity index is 2.07. The second kappa shape index (κ2) is 8.75. The summed E-state index contributed by atoms with van der Waals surface area (Å²) in [6.07, 6.45) is 0.638. The number of carbonyl (C=O) groups is 2. The van der Waals surface area contributed by atoms with Gasteiger partial charge in [-0.1, -0.05) is 0 Å². The van der Waals surface area contributed by atoms with Gasteiger partial charge < -0.3 is 24.6 Å². The van der Waals surface area contributed by atoms with Crippen LogP contribution in [0.1, 0.15) is 22.3 Å². The SMILES string of the molecule is COc1cc(CCC(=O)Nc2ccc(OC)cc2C(=O)O)cc(OC)c1. The zero-order chi connectivity index (χ0) is 19.1. The second-order valence-electron chi connectivity index (χ2n) is 5.49. The number of aromatic carboxylic acids is 1. The van der Waals surface area contributed by atoms with E-state index in [4.69, 9.17) is 14.2 Å². The molecule has 2 aromatic rings. The number of hydrogen-bond donors (Lipinski definition) is 2. The smallest absolute Gasteiger partial charge is 0.337 e. The predicted molar refractivity (Wildman–Crippen MR) is 96.5 cm³/mol. The lowest BCUT2D eigenvalue weighted by Gasteiger charge is -2.11. The van der Waals surface area contributed by atoms with Gasteiger partial charge in [-0.3, -0.25) is 4.79 Å². The molecule has 0 heterocycles. The maximum absolute atomic E-state index is 12.2. The van der Waals surface area contributed by atoms with E-state index in [0.717, 1.165) is 5.56 Å². The molecule has 0 saturated carbocycles. The Morgan fingerprint density at radius 3 is 2.08 bits per heavy atom. The van der Waals surface area contributed by atoms with Crippen molar-refractivity contribution in [1.29, 1.82) is 0 Å². The van der Waals surface area contributed by atoms with E-state index in [9.17, 15) is 14.7 Å². The summed E-state index contributed by atoms with van der Waals surface area (Å²) in [7, 11) is 4.56. The number of methoxy groups -OCH3 is 3. The number of aryl methyl sites for hydroxylation is 1. The van der Waals surface area contributed by atoms with Crippen LogP contribution < -0.4 is 19.5 Å². The number of carboxylic acid groups (broad SMARTS) is 1. The molecule has 2 aromatic carbocycles. The van der Waals surface area contributed by atoms with Crippen molar-refractivity contribution in [2.24, 2.45) is 0 Å². The Hall–Kier alpha value is -3.22. The molecule has 0 aliphatic carbocycles. The first-order valence-electron chi connectivity index (χ1n) is 7.90. The molecule has 2 N–H and O–H groups in total. The highest BCUT2D eigenvalue weighted by Gasteiger charge is 2.14. The van der Waals surface area contributed by atoms with Crippen molar-refractivity contribution in [3.63, 3.8) is 0 Å². The van der Waals surface area contributed by atoms with E-state index >= 15 is 0 Å². The molecule has 0 atom stereocenters. The van der Waals surface area contributed by atoms with Gasteiger partial charge in [-0.2, -0.15) is 0 Å². The maximum atomic E-state index is 12.2. The summed E-state index contributed by atoms with van der Waals surface area (Å²) in [5, 5.41) is 11.9. The van der Waals surface area contributed by atoms with Crippen LogP contribution in [0.5, 0.6) is 17.2 Å². The molecule has 0 fully saturated rings. The Morgan fingerprint density at radius 2 is 1.54 bits per heavy atom. The van der Waals surface area contributed by atoms with Gasteiger partial charge >= 0.3 is 5.97 Å². The van der Waals surface area contributed by atoms with E-state index in [1.54, 1.807) is 26.4 Å². The highest BCUT2D eigenvalue weighted by Crippen LogP contribution is 2.24. The normalized spacial score (nSPS) is 10.1. The summed E-state index contributed by atoms with van der Waals surface area (Å²) in [6, 6.07) is 9.87. The van der Waals surface area contributed by atoms with Crippen LogP contribution in [0.4, 0.5) is 5.69 Å². The molecule has 7 heteroatoms. The molecule has 0 radical (unpaired) electrons. The van der Waals surface area contributed by atoms with Crippen molar-refractivity contribution in [1.82, 2.24) is 0 Å². The van der Waals surface area contributed by atoms with Crippen LogP contribution in [0.25, 0.3) is 0 Å². The molecule has 26 heavy (non-hydrogen) atoms. The fourth-order valence-corrected chi connectivity index (χ4v) is 2.42. The Labute approximate surface area is 151 Å². The van der Waals surface area contributed by atoms with E-state index in [1.807, 2.05) is 12.1 Å². The molecular formula is C19H21NO6. The summed E-state index contributed by atoms with van der Waals surface area (Å²) in [5.74, 6) is 0.256. The second-order valence-corrected chi connectivity index (χ2v) is 5.49. The molecular weight excluding hydrogens is 338 g/mol. The predicted octanol–water partition coefficient (Wildman–Crippen LogP) is 2.98. The third-order valence-electron chi connectivity index (χ3n) is 3.78. The lowest BCUT2D eigenvalue weighted by Crippen LogP contribution is -2.15. The molecule has 1 amide bonds. The van der Waals surface area contributed by atoms with E-state index in [-0.39, 0.29) is 23.6 Å². The van der Waals surface area contributed by atoms with E-state index in [2.05, 4.69) is 5.32 Å². The van der Waals surface area contributed by atoms with Gasteiger partial charge in [-0.05, 0) is 42.3 Å². The van der Waals surface area contributed by atoms with Crippen LogP contribution in [0.2, 0.25) is 0 Å². The van der Waals surface area contributed by atoms with Gasteiger partial charge in [-0.15, -0.1) is 0 Å². The first kappa shape index (κ1) is 19.1. The molecule has 0 aliphatic rings. The zero-order valence-electron chi connectivity index (χ0n) is 14.9. The summed E-state index contributed by atoms with van der Waals surface area (Å²) in [5.41, 5.74) is 1.08. The fraction of sp³-hybridized carbons (Fsp3) is 0.263. The van der Waals surface area contributed by atoms with Crippen LogP contribution in [-0.4, -0.2) is 38.3 Å².